The van der Waals surface area contributed by atoms with Crippen LogP contribution < -0.4 is 5.32 Å². The smallest absolute Gasteiger partial charge is 0.270 e. The minimum atomic E-state index is -0.458. The van der Waals surface area contributed by atoms with E-state index in [0.717, 1.165) is 5.56 Å². The summed E-state index contributed by atoms with van der Waals surface area (Å²) in [6.45, 7) is 0.309. The van der Waals surface area contributed by atoms with Gasteiger partial charge in [-0.3, -0.25) is 4.79 Å². The fourth-order valence-corrected chi connectivity index (χ4v) is 3.75. The first-order valence-corrected chi connectivity index (χ1v) is 10.5. The summed E-state index contributed by atoms with van der Waals surface area (Å²) in [7, 11) is 0. The molecule has 1 heterocycles. The van der Waals surface area contributed by atoms with Crippen molar-refractivity contribution in [3.05, 3.63) is 106 Å². The summed E-state index contributed by atoms with van der Waals surface area (Å²) in [5, 5.41) is 8.29. The Kier molecular flexibility index (Phi) is 6.53. The molecule has 4 rings (SSSR count). The van der Waals surface area contributed by atoms with E-state index in [0.29, 0.717) is 34.4 Å². The van der Waals surface area contributed by atoms with Crippen LogP contribution in [0, 0.1) is 11.6 Å². The average Bonchev–Trinajstić information content (AvgIpc) is 3.21. The van der Waals surface area contributed by atoms with Crippen molar-refractivity contribution in [3.8, 4) is 16.9 Å². The van der Waals surface area contributed by atoms with Crippen molar-refractivity contribution in [1.82, 2.24) is 15.1 Å². The number of benzene rings is 3. The fraction of sp³-hybridized carbons (Fsp3) is 0.0833. The number of carbonyl (C=O) groups excluding carboxylic acids is 1. The molecule has 1 aromatic heterocycles. The highest BCUT2D eigenvalue weighted by molar-refractivity contribution is 6.35. The van der Waals surface area contributed by atoms with Crippen molar-refractivity contribution in [2.45, 2.75) is 6.42 Å². The molecule has 0 atom stereocenters. The predicted octanol–water partition coefficient (Wildman–Crippen LogP) is 6.10. The Bertz CT molecular complexity index is 1270. The largest absolute Gasteiger partial charge is 0.350 e. The Labute approximate surface area is 193 Å². The molecule has 32 heavy (non-hydrogen) atoms. The highest BCUT2D eigenvalue weighted by atomic mass is 35.5. The van der Waals surface area contributed by atoms with Crippen molar-refractivity contribution < 1.29 is 13.6 Å². The van der Waals surface area contributed by atoms with Crippen LogP contribution in [0.4, 0.5) is 8.78 Å². The minimum absolute atomic E-state index is 0.192. The average molecular weight is 472 g/mol. The Morgan fingerprint density at radius 2 is 1.72 bits per heavy atom. The quantitative estimate of drug-likeness (QED) is 0.369. The number of rotatable bonds is 6. The molecular formula is C24H17Cl2F2N3O. The second kappa shape index (κ2) is 9.51. The number of nitrogens with one attached hydrogen (secondary N) is 1. The molecule has 0 radical (unpaired) electrons. The zero-order chi connectivity index (χ0) is 22.7. The van der Waals surface area contributed by atoms with E-state index < -0.39 is 17.5 Å². The Morgan fingerprint density at radius 3 is 2.44 bits per heavy atom. The third kappa shape index (κ3) is 4.82. The van der Waals surface area contributed by atoms with Gasteiger partial charge in [0.1, 0.15) is 17.3 Å². The van der Waals surface area contributed by atoms with Crippen molar-refractivity contribution in [2.24, 2.45) is 0 Å². The second-order valence-electron chi connectivity index (χ2n) is 7.02. The predicted molar refractivity (Wildman–Crippen MR) is 121 cm³/mol. The Hall–Kier alpha value is -3.22. The van der Waals surface area contributed by atoms with E-state index in [9.17, 15) is 13.6 Å². The topological polar surface area (TPSA) is 46.9 Å². The molecule has 3 aromatic carbocycles. The van der Waals surface area contributed by atoms with Gasteiger partial charge in [0.2, 0.25) is 0 Å². The van der Waals surface area contributed by atoms with Crippen LogP contribution in [0.5, 0.6) is 0 Å². The first-order valence-electron chi connectivity index (χ1n) is 9.75. The maximum Gasteiger partial charge on any atom is 0.270 e. The summed E-state index contributed by atoms with van der Waals surface area (Å²) in [6, 6.07) is 18.4. The van der Waals surface area contributed by atoms with Crippen molar-refractivity contribution >= 4 is 29.1 Å². The number of aromatic nitrogens is 2. The summed E-state index contributed by atoms with van der Waals surface area (Å²) in [5.41, 5.74) is 2.06. The van der Waals surface area contributed by atoms with Crippen LogP contribution in [0.1, 0.15) is 16.1 Å². The molecule has 1 amide bonds. The lowest BCUT2D eigenvalue weighted by Crippen LogP contribution is -2.27. The van der Waals surface area contributed by atoms with Crippen LogP contribution >= 0.6 is 23.2 Å². The summed E-state index contributed by atoms with van der Waals surface area (Å²) in [6.07, 6.45) is 0.493. The van der Waals surface area contributed by atoms with E-state index in [1.165, 1.54) is 41.1 Å². The molecule has 4 nitrogen and oxygen atoms in total. The maximum absolute atomic E-state index is 14.3. The molecule has 0 aliphatic heterocycles. The van der Waals surface area contributed by atoms with Gasteiger partial charge in [-0.15, -0.1) is 0 Å². The van der Waals surface area contributed by atoms with E-state index in [-0.39, 0.29) is 11.3 Å². The summed E-state index contributed by atoms with van der Waals surface area (Å²) in [4.78, 5) is 13.0. The lowest BCUT2D eigenvalue weighted by molar-refractivity contribution is 0.0946. The molecule has 0 fully saturated rings. The van der Waals surface area contributed by atoms with E-state index in [1.807, 2.05) is 0 Å². The first-order chi connectivity index (χ1) is 15.4. The van der Waals surface area contributed by atoms with Crippen LogP contribution in [-0.2, 0) is 6.42 Å². The Balaban J connectivity index is 1.61. The summed E-state index contributed by atoms with van der Waals surface area (Å²) >= 11 is 12.1. The first kappa shape index (κ1) is 22.0. The summed E-state index contributed by atoms with van der Waals surface area (Å²) in [5.74, 6) is -1.28. The molecule has 4 aromatic rings. The van der Waals surface area contributed by atoms with Gasteiger partial charge in [-0.05, 0) is 66.6 Å². The van der Waals surface area contributed by atoms with Gasteiger partial charge in [0.05, 0.1) is 11.4 Å². The lowest BCUT2D eigenvalue weighted by Gasteiger charge is -2.09. The second-order valence-corrected chi connectivity index (χ2v) is 7.87. The monoisotopic (exact) mass is 471 g/mol. The standard InChI is InChI=1S/C24H17Cl2F2N3O/c25-16-6-5-15(20(26)13-16)11-12-29-24(32)23-14-22(19-3-1-2-4-21(19)28)30-31(23)18-9-7-17(27)8-10-18/h1-10,13-14H,11-12H2,(H,29,32). The zero-order valence-corrected chi connectivity index (χ0v) is 18.2. The van der Waals surface area contributed by atoms with Crippen LogP contribution in [0.25, 0.3) is 16.9 Å². The van der Waals surface area contributed by atoms with Crippen molar-refractivity contribution in [2.75, 3.05) is 6.54 Å². The van der Waals surface area contributed by atoms with E-state index >= 15 is 0 Å². The van der Waals surface area contributed by atoms with Crippen LogP contribution in [0.2, 0.25) is 10.0 Å². The molecule has 162 valence electrons. The summed E-state index contributed by atoms with van der Waals surface area (Å²) < 4.78 is 29.1. The van der Waals surface area contributed by atoms with E-state index in [1.54, 1.807) is 36.4 Å². The highest BCUT2D eigenvalue weighted by Crippen LogP contribution is 2.25. The Morgan fingerprint density at radius 1 is 0.969 bits per heavy atom. The molecule has 0 bridgehead atoms. The minimum Gasteiger partial charge on any atom is -0.350 e. The molecule has 8 heteroatoms. The van der Waals surface area contributed by atoms with Gasteiger partial charge in [-0.25, -0.2) is 13.5 Å². The number of carbonyl (C=O) groups is 1. The van der Waals surface area contributed by atoms with Crippen molar-refractivity contribution in [1.29, 1.82) is 0 Å². The molecule has 0 saturated carbocycles. The molecule has 1 N–H and O–H groups in total. The van der Waals surface area contributed by atoms with Gasteiger partial charge in [0.25, 0.3) is 5.91 Å². The zero-order valence-electron chi connectivity index (χ0n) is 16.7. The molecule has 0 unspecified atom stereocenters. The van der Waals surface area contributed by atoms with E-state index in [4.69, 9.17) is 23.2 Å². The lowest BCUT2D eigenvalue weighted by atomic mass is 10.1. The molecule has 0 aliphatic carbocycles. The SMILES string of the molecule is O=C(NCCc1ccc(Cl)cc1Cl)c1cc(-c2ccccc2F)nn1-c1ccc(F)cc1. The number of amides is 1. The third-order valence-corrected chi connectivity index (χ3v) is 5.44. The van der Waals surface area contributed by atoms with Crippen LogP contribution in [0.15, 0.2) is 72.8 Å². The van der Waals surface area contributed by atoms with Crippen LogP contribution in [-0.4, -0.2) is 22.2 Å². The van der Waals surface area contributed by atoms with Gasteiger partial charge in [0.15, 0.2) is 0 Å². The number of halogens is 4. The molecule has 0 aliphatic rings. The third-order valence-electron chi connectivity index (χ3n) is 4.86. The number of hydrogen-bond donors (Lipinski definition) is 1. The highest BCUT2D eigenvalue weighted by Gasteiger charge is 2.19. The fourth-order valence-electron chi connectivity index (χ4n) is 3.25. The molecule has 0 saturated heterocycles. The van der Waals surface area contributed by atoms with Gasteiger partial charge >= 0.3 is 0 Å². The van der Waals surface area contributed by atoms with Gasteiger partial charge in [-0.2, -0.15) is 5.10 Å². The maximum atomic E-state index is 14.3. The van der Waals surface area contributed by atoms with Crippen LogP contribution in [0.3, 0.4) is 0 Å². The molecular weight excluding hydrogens is 455 g/mol. The van der Waals surface area contributed by atoms with Gasteiger partial charge < -0.3 is 5.32 Å². The number of hydrogen-bond acceptors (Lipinski definition) is 2. The number of nitrogens with zero attached hydrogens (tertiary/aromatic N) is 2. The van der Waals surface area contributed by atoms with Gasteiger partial charge in [0, 0.05) is 22.2 Å². The normalized spacial score (nSPS) is 10.9. The van der Waals surface area contributed by atoms with Crippen molar-refractivity contribution in [3.63, 3.8) is 0 Å². The molecule has 0 spiro atoms. The van der Waals surface area contributed by atoms with E-state index in [2.05, 4.69) is 10.4 Å². The van der Waals surface area contributed by atoms with Gasteiger partial charge in [-0.1, -0.05) is 41.4 Å².